The Labute approximate surface area is 96.4 Å². The van der Waals surface area contributed by atoms with Gasteiger partial charge in [-0.25, -0.2) is 18.6 Å². The quantitative estimate of drug-likeness (QED) is 0.750. The molecule has 0 aliphatic heterocycles. The molecule has 1 N–H and O–H groups in total. The average molecular weight is 249 g/mol. The van der Waals surface area contributed by atoms with E-state index in [1.54, 1.807) is 0 Å². The van der Waals surface area contributed by atoms with Crippen LogP contribution in [0.2, 0.25) is 0 Å². The Bertz CT molecular complexity index is 378. The first-order valence-corrected chi connectivity index (χ1v) is 5.15. The summed E-state index contributed by atoms with van der Waals surface area (Å²) in [6.45, 7) is 2.85. The molecule has 7 heteroatoms. The number of aromatic nitrogens is 1. The largest absolute Gasteiger partial charge is 0.475 e. The summed E-state index contributed by atoms with van der Waals surface area (Å²) in [6, 6.07) is 0. The predicted molar refractivity (Wildman–Crippen MR) is 53.2 cm³/mol. The zero-order valence-corrected chi connectivity index (χ0v) is 9.28. The number of carboxylic acids is 1. The van der Waals surface area contributed by atoms with Crippen molar-refractivity contribution in [2.45, 2.75) is 26.2 Å². The summed E-state index contributed by atoms with van der Waals surface area (Å²) in [5.74, 6) is -2.33. The molecule has 0 amide bonds. The van der Waals surface area contributed by atoms with Crippen LogP contribution in [0.3, 0.4) is 0 Å². The molecule has 1 aromatic rings. The van der Waals surface area contributed by atoms with E-state index in [0.29, 0.717) is 19.6 Å². The van der Waals surface area contributed by atoms with Crippen LogP contribution in [0.25, 0.3) is 0 Å². The van der Waals surface area contributed by atoms with Gasteiger partial charge in [0, 0.05) is 19.6 Å². The van der Waals surface area contributed by atoms with Crippen molar-refractivity contribution >= 4 is 5.97 Å². The van der Waals surface area contributed by atoms with E-state index in [2.05, 4.69) is 4.98 Å². The molecule has 96 valence electrons. The van der Waals surface area contributed by atoms with E-state index in [-0.39, 0.29) is 12.3 Å². The SMILES string of the molecule is CCOCCCc1nc(C(F)F)c(C(=O)O)o1. The van der Waals surface area contributed by atoms with Crippen molar-refractivity contribution in [1.29, 1.82) is 0 Å². The first-order valence-electron chi connectivity index (χ1n) is 5.15. The van der Waals surface area contributed by atoms with E-state index in [9.17, 15) is 13.6 Å². The first kappa shape index (κ1) is 13.6. The molecule has 5 nitrogen and oxygen atoms in total. The zero-order valence-electron chi connectivity index (χ0n) is 9.28. The van der Waals surface area contributed by atoms with Crippen LogP contribution in [0.4, 0.5) is 8.78 Å². The number of ether oxygens (including phenoxy) is 1. The maximum atomic E-state index is 12.4. The number of hydrogen-bond acceptors (Lipinski definition) is 4. The Kier molecular flexibility index (Phi) is 5.02. The highest BCUT2D eigenvalue weighted by molar-refractivity contribution is 5.85. The fraction of sp³-hybridized carbons (Fsp3) is 0.600. The molecule has 0 aliphatic rings. The number of oxazole rings is 1. The Morgan fingerprint density at radius 3 is 2.76 bits per heavy atom. The van der Waals surface area contributed by atoms with Crippen molar-refractivity contribution in [3.8, 4) is 0 Å². The molecule has 17 heavy (non-hydrogen) atoms. The zero-order chi connectivity index (χ0) is 12.8. The van der Waals surface area contributed by atoms with Gasteiger partial charge in [-0.05, 0) is 13.3 Å². The molecule has 1 aromatic heterocycles. The predicted octanol–water partition coefficient (Wildman–Crippen LogP) is 2.28. The Morgan fingerprint density at radius 2 is 2.29 bits per heavy atom. The molecule has 1 rings (SSSR count). The topological polar surface area (TPSA) is 72.6 Å². The molecule has 0 aliphatic carbocycles. The van der Waals surface area contributed by atoms with Crippen LogP contribution < -0.4 is 0 Å². The van der Waals surface area contributed by atoms with Crippen molar-refractivity contribution in [3.63, 3.8) is 0 Å². The molecule has 0 saturated carbocycles. The minimum absolute atomic E-state index is 0.00240. The van der Waals surface area contributed by atoms with E-state index in [1.165, 1.54) is 0 Å². The lowest BCUT2D eigenvalue weighted by Gasteiger charge is -1.97. The Hall–Kier alpha value is -1.50. The fourth-order valence-electron chi connectivity index (χ4n) is 1.26. The van der Waals surface area contributed by atoms with Crippen LogP contribution in [-0.4, -0.2) is 29.3 Å². The lowest BCUT2D eigenvalue weighted by Crippen LogP contribution is -1.99. The van der Waals surface area contributed by atoms with E-state index >= 15 is 0 Å². The number of carbonyl (C=O) groups is 1. The molecule has 0 bridgehead atoms. The minimum atomic E-state index is -2.95. The van der Waals surface area contributed by atoms with Gasteiger partial charge in [-0.3, -0.25) is 0 Å². The van der Waals surface area contributed by atoms with Gasteiger partial charge in [0.15, 0.2) is 11.6 Å². The third-order valence-electron chi connectivity index (χ3n) is 1.98. The van der Waals surface area contributed by atoms with Crippen molar-refractivity contribution < 1.29 is 27.8 Å². The van der Waals surface area contributed by atoms with Gasteiger partial charge < -0.3 is 14.3 Å². The number of hydrogen-bond donors (Lipinski definition) is 1. The fourth-order valence-corrected chi connectivity index (χ4v) is 1.26. The van der Waals surface area contributed by atoms with Gasteiger partial charge in [-0.1, -0.05) is 0 Å². The minimum Gasteiger partial charge on any atom is -0.475 e. The molecule has 0 atom stereocenters. The summed E-state index contributed by atoms with van der Waals surface area (Å²) >= 11 is 0. The lowest BCUT2D eigenvalue weighted by atomic mass is 10.3. The normalized spacial score (nSPS) is 11.1. The van der Waals surface area contributed by atoms with Crippen LogP contribution in [0.1, 0.15) is 41.9 Å². The molecule has 0 spiro atoms. The van der Waals surface area contributed by atoms with Gasteiger partial charge in [0.05, 0.1) is 0 Å². The van der Waals surface area contributed by atoms with Crippen LogP contribution in [-0.2, 0) is 11.2 Å². The van der Waals surface area contributed by atoms with Crippen molar-refractivity contribution in [2.75, 3.05) is 13.2 Å². The number of halogens is 2. The van der Waals surface area contributed by atoms with Crippen LogP contribution in [0, 0.1) is 0 Å². The monoisotopic (exact) mass is 249 g/mol. The van der Waals surface area contributed by atoms with Gasteiger partial charge in [0.25, 0.3) is 6.43 Å². The smallest absolute Gasteiger partial charge is 0.374 e. The summed E-state index contributed by atoms with van der Waals surface area (Å²) in [5.41, 5.74) is -0.816. The van der Waals surface area contributed by atoms with Gasteiger partial charge in [-0.15, -0.1) is 0 Å². The molecule has 0 radical (unpaired) electrons. The third-order valence-corrected chi connectivity index (χ3v) is 1.98. The number of rotatable bonds is 7. The Balaban J connectivity index is 2.68. The van der Waals surface area contributed by atoms with Gasteiger partial charge in [-0.2, -0.15) is 0 Å². The molecule has 0 unspecified atom stereocenters. The molecular weight excluding hydrogens is 236 g/mol. The maximum absolute atomic E-state index is 12.4. The second kappa shape index (κ2) is 6.29. The van der Waals surface area contributed by atoms with Crippen LogP contribution in [0.5, 0.6) is 0 Å². The number of alkyl halides is 2. The number of nitrogens with zero attached hydrogens (tertiary/aromatic N) is 1. The number of aromatic carboxylic acids is 1. The van der Waals surface area contributed by atoms with Gasteiger partial charge >= 0.3 is 5.97 Å². The summed E-state index contributed by atoms with van der Waals surface area (Å²) in [4.78, 5) is 14.1. The highest BCUT2D eigenvalue weighted by Crippen LogP contribution is 2.23. The molecule has 0 fully saturated rings. The third kappa shape index (κ3) is 3.77. The molecule has 0 aromatic carbocycles. The second-order valence-corrected chi connectivity index (χ2v) is 3.23. The standard InChI is InChI=1S/C10H13F2NO4/c1-2-16-5-3-4-6-13-7(9(11)12)8(17-6)10(14)15/h9H,2-5H2,1H3,(H,14,15). The van der Waals surface area contributed by atoms with Crippen LogP contribution in [0.15, 0.2) is 4.42 Å². The van der Waals surface area contributed by atoms with Crippen molar-refractivity contribution in [3.05, 3.63) is 17.3 Å². The summed E-state index contributed by atoms with van der Waals surface area (Å²) in [5, 5.41) is 8.65. The first-order chi connectivity index (χ1) is 8.06. The maximum Gasteiger partial charge on any atom is 0.374 e. The average Bonchev–Trinajstić information content (AvgIpc) is 2.69. The van der Waals surface area contributed by atoms with E-state index in [0.717, 1.165) is 0 Å². The summed E-state index contributed by atoms with van der Waals surface area (Å²) in [6.07, 6.45) is -2.14. The second-order valence-electron chi connectivity index (χ2n) is 3.23. The van der Waals surface area contributed by atoms with Crippen molar-refractivity contribution in [2.24, 2.45) is 0 Å². The number of aryl methyl sites for hydroxylation is 1. The summed E-state index contributed by atoms with van der Waals surface area (Å²) in [7, 11) is 0. The highest BCUT2D eigenvalue weighted by Gasteiger charge is 2.25. The van der Waals surface area contributed by atoms with Gasteiger partial charge in [0.2, 0.25) is 5.76 Å². The van der Waals surface area contributed by atoms with E-state index in [1.807, 2.05) is 6.92 Å². The molecule has 0 saturated heterocycles. The Morgan fingerprint density at radius 1 is 1.59 bits per heavy atom. The highest BCUT2D eigenvalue weighted by atomic mass is 19.3. The van der Waals surface area contributed by atoms with Gasteiger partial charge in [0.1, 0.15) is 0 Å². The molecule has 1 heterocycles. The van der Waals surface area contributed by atoms with Crippen LogP contribution >= 0.6 is 0 Å². The summed E-state index contributed by atoms with van der Waals surface area (Å²) < 4.78 is 34.7. The van der Waals surface area contributed by atoms with E-state index < -0.39 is 23.8 Å². The lowest BCUT2D eigenvalue weighted by molar-refractivity contribution is 0.0644. The van der Waals surface area contributed by atoms with E-state index in [4.69, 9.17) is 14.3 Å². The number of carboxylic acid groups (broad SMARTS) is 1. The molecular formula is C10H13F2NO4. The van der Waals surface area contributed by atoms with Crippen molar-refractivity contribution in [1.82, 2.24) is 4.98 Å².